The molecule has 37 heavy (non-hydrogen) atoms. The van der Waals surface area contributed by atoms with Crippen molar-refractivity contribution in [2.75, 3.05) is 19.5 Å². The van der Waals surface area contributed by atoms with Gasteiger partial charge in [-0.05, 0) is 17.5 Å². The summed E-state index contributed by atoms with van der Waals surface area (Å²) in [5.74, 6) is 0.350. The van der Waals surface area contributed by atoms with E-state index < -0.39 is 40.4 Å². The van der Waals surface area contributed by atoms with Crippen LogP contribution in [0.5, 0.6) is 5.75 Å². The number of fused-ring (bicyclic) bond motifs is 1. The molecule has 5 N–H and O–H groups in total. The topological polar surface area (TPSA) is 188 Å². The summed E-state index contributed by atoms with van der Waals surface area (Å²) in [6, 6.07) is 4.47. The Morgan fingerprint density at radius 3 is 2.73 bits per heavy atom. The Kier molecular flexibility index (Phi) is 7.24. The van der Waals surface area contributed by atoms with E-state index in [0.29, 0.717) is 16.9 Å². The molecule has 0 bridgehead atoms. The number of anilines is 1. The van der Waals surface area contributed by atoms with Gasteiger partial charge >= 0.3 is 0 Å². The van der Waals surface area contributed by atoms with Gasteiger partial charge in [0.1, 0.15) is 18.1 Å². The molecule has 0 aliphatic carbocycles. The van der Waals surface area contributed by atoms with Crippen LogP contribution in [0, 0.1) is 15.5 Å². The monoisotopic (exact) mass is 517 g/mol. The lowest BCUT2D eigenvalue weighted by atomic mass is 9.83. The Hall–Kier alpha value is -3.52. The number of nitrogen functional groups attached to an aromatic ring is 1. The molecule has 3 aromatic rings. The molecule has 1 fully saturated rings. The number of ether oxygens (including phenoxy) is 3. The molecule has 1 saturated heterocycles. The average Bonchev–Trinajstić information content (AvgIpc) is 3.38. The van der Waals surface area contributed by atoms with E-state index in [2.05, 4.69) is 9.97 Å². The smallest absolute Gasteiger partial charge is 0.275 e. The summed E-state index contributed by atoms with van der Waals surface area (Å²) in [5, 5.41) is 31.7. The highest BCUT2D eigenvalue weighted by molar-refractivity contribution is 5.80. The van der Waals surface area contributed by atoms with Crippen LogP contribution >= 0.6 is 0 Å². The predicted octanol–water partition coefficient (Wildman–Crippen LogP) is 2.17. The van der Waals surface area contributed by atoms with Crippen molar-refractivity contribution in [1.29, 1.82) is 0 Å². The van der Waals surface area contributed by atoms with Crippen LogP contribution in [0.1, 0.15) is 50.7 Å². The van der Waals surface area contributed by atoms with E-state index in [4.69, 9.17) is 19.9 Å². The van der Waals surface area contributed by atoms with E-state index in [1.165, 1.54) is 19.2 Å². The second kappa shape index (κ2) is 10.1. The third-order valence-electron chi connectivity index (χ3n) is 6.38. The number of aromatic amines is 1. The summed E-state index contributed by atoms with van der Waals surface area (Å²) in [4.78, 5) is 31.0. The maximum atomic E-state index is 12.9. The van der Waals surface area contributed by atoms with Crippen molar-refractivity contribution < 1.29 is 29.3 Å². The molecule has 2 aromatic heterocycles. The van der Waals surface area contributed by atoms with Gasteiger partial charge in [-0.3, -0.25) is 19.9 Å². The fourth-order valence-electron chi connectivity index (χ4n) is 4.64. The van der Waals surface area contributed by atoms with Gasteiger partial charge in [-0.1, -0.05) is 20.8 Å². The van der Waals surface area contributed by atoms with Crippen molar-refractivity contribution in [2.24, 2.45) is 5.41 Å². The van der Waals surface area contributed by atoms with Crippen molar-refractivity contribution >= 4 is 22.7 Å². The minimum absolute atomic E-state index is 0.0901. The summed E-state index contributed by atoms with van der Waals surface area (Å²) in [5.41, 5.74) is 5.64. The van der Waals surface area contributed by atoms with Gasteiger partial charge in [0.25, 0.3) is 11.2 Å². The zero-order valence-electron chi connectivity index (χ0n) is 21.0. The molecule has 4 rings (SSSR count). The van der Waals surface area contributed by atoms with Crippen LogP contribution in [0.25, 0.3) is 11.0 Å². The number of hydrogen-bond donors (Lipinski definition) is 4. The molecule has 200 valence electrons. The Morgan fingerprint density at radius 2 is 2.14 bits per heavy atom. The van der Waals surface area contributed by atoms with E-state index >= 15 is 0 Å². The van der Waals surface area contributed by atoms with E-state index in [1.807, 2.05) is 20.8 Å². The third-order valence-corrected chi connectivity index (χ3v) is 6.38. The van der Waals surface area contributed by atoms with E-state index in [-0.39, 0.29) is 42.3 Å². The number of hydrogen-bond acceptors (Lipinski definition) is 10. The summed E-state index contributed by atoms with van der Waals surface area (Å²) >= 11 is 0. The molecule has 13 heteroatoms. The first-order chi connectivity index (χ1) is 17.4. The van der Waals surface area contributed by atoms with E-state index in [1.54, 1.807) is 16.8 Å². The Morgan fingerprint density at radius 1 is 1.41 bits per heavy atom. The van der Waals surface area contributed by atoms with Gasteiger partial charge in [-0.15, -0.1) is 0 Å². The number of methoxy groups -OCH3 is 1. The number of aromatic nitrogens is 3. The van der Waals surface area contributed by atoms with Gasteiger partial charge in [0.05, 0.1) is 48.4 Å². The quantitative estimate of drug-likeness (QED) is 0.255. The van der Waals surface area contributed by atoms with Crippen LogP contribution in [0.15, 0.2) is 29.2 Å². The van der Waals surface area contributed by atoms with Crippen molar-refractivity contribution in [3.8, 4) is 5.75 Å². The standard InChI is InChI=1S/C24H31N5O8/c1-24(2,3)20(14-7-13(35-4)5-6-15(14)29(33)34)36-11-12-9-28(18-8-16(31)17(10-30)37-18)21-19(12)22(32)27-23(25)26-21/h5-7,9,16-18,20,30-31H,8,10-11H2,1-4H3,(H3,25,26,27,32)/t16-,17-,18-,20?/m1/s1. The fraction of sp³-hybridized carbons (Fsp3) is 0.500. The Bertz CT molecular complexity index is 1360. The zero-order valence-corrected chi connectivity index (χ0v) is 21.0. The normalized spacial score (nSPS) is 20.9. The summed E-state index contributed by atoms with van der Waals surface area (Å²) in [7, 11) is 1.47. The molecule has 1 aliphatic heterocycles. The lowest BCUT2D eigenvalue weighted by molar-refractivity contribution is -0.386. The highest BCUT2D eigenvalue weighted by Gasteiger charge is 2.37. The maximum absolute atomic E-state index is 12.9. The number of nitro groups is 1. The van der Waals surface area contributed by atoms with Crippen LogP contribution in [-0.4, -0.2) is 55.6 Å². The van der Waals surface area contributed by atoms with Crippen LogP contribution in [0.4, 0.5) is 11.6 Å². The number of aliphatic hydroxyl groups excluding tert-OH is 2. The molecule has 0 amide bonds. The number of aliphatic hydroxyl groups is 2. The van der Waals surface area contributed by atoms with Gasteiger partial charge in [0.15, 0.2) is 5.65 Å². The van der Waals surface area contributed by atoms with Gasteiger partial charge in [0, 0.05) is 24.2 Å². The molecular formula is C24H31N5O8. The van der Waals surface area contributed by atoms with Gasteiger partial charge in [0.2, 0.25) is 5.95 Å². The second-order valence-electron chi connectivity index (χ2n) is 10.1. The van der Waals surface area contributed by atoms with Crippen molar-refractivity contribution in [3.63, 3.8) is 0 Å². The summed E-state index contributed by atoms with van der Waals surface area (Å²) in [6.07, 6.45) is -1.32. The minimum atomic E-state index is -0.898. The first kappa shape index (κ1) is 26.5. The predicted molar refractivity (Wildman–Crippen MR) is 133 cm³/mol. The van der Waals surface area contributed by atoms with Crippen molar-refractivity contribution in [3.05, 3.63) is 56.0 Å². The average molecular weight is 518 g/mol. The fourth-order valence-corrected chi connectivity index (χ4v) is 4.64. The van der Waals surface area contributed by atoms with Crippen LogP contribution in [0.2, 0.25) is 0 Å². The second-order valence-corrected chi connectivity index (χ2v) is 10.1. The molecule has 0 spiro atoms. The molecule has 1 aromatic carbocycles. The van der Waals surface area contributed by atoms with Crippen LogP contribution in [0.3, 0.4) is 0 Å². The molecule has 0 radical (unpaired) electrons. The Balaban J connectivity index is 1.76. The SMILES string of the molecule is COc1ccc([N+](=O)[O-])c(C(OCc2cn([C@H]3C[C@@H](O)[C@@H](CO)O3)c3nc(N)[nH]c(=O)c23)C(C)(C)C)c1. The third kappa shape index (κ3) is 5.16. The summed E-state index contributed by atoms with van der Waals surface area (Å²) < 4.78 is 18.9. The first-order valence-corrected chi connectivity index (χ1v) is 11.7. The molecule has 4 atom stereocenters. The number of nitrogens with zero attached hydrogens (tertiary/aromatic N) is 3. The number of nitrogens with one attached hydrogen (secondary N) is 1. The van der Waals surface area contributed by atoms with Crippen LogP contribution < -0.4 is 16.0 Å². The van der Waals surface area contributed by atoms with Gasteiger partial charge in [-0.25, -0.2) is 0 Å². The first-order valence-electron chi connectivity index (χ1n) is 11.7. The van der Waals surface area contributed by atoms with E-state index in [0.717, 1.165) is 0 Å². The summed E-state index contributed by atoms with van der Waals surface area (Å²) in [6.45, 7) is 5.22. The molecule has 3 heterocycles. The molecule has 1 aliphatic rings. The highest BCUT2D eigenvalue weighted by atomic mass is 16.6. The zero-order chi connectivity index (χ0) is 27.1. The number of nitrogens with two attached hydrogens (primary N) is 1. The molecule has 0 saturated carbocycles. The largest absolute Gasteiger partial charge is 0.497 e. The molecule has 13 nitrogen and oxygen atoms in total. The van der Waals surface area contributed by atoms with Crippen molar-refractivity contribution in [1.82, 2.24) is 14.5 Å². The number of rotatable bonds is 8. The Labute approximate surface area is 211 Å². The van der Waals surface area contributed by atoms with Crippen molar-refractivity contribution in [2.45, 2.75) is 58.3 Å². The number of nitro benzene ring substituents is 1. The maximum Gasteiger partial charge on any atom is 0.275 e. The number of H-pyrrole nitrogens is 1. The minimum Gasteiger partial charge on any atom is -0.497 e. The molecule has 1 unspecified atom stereocenters. The molecular weight excluding hydrogens is 486 g/mol. The van der Waals surface area contributed by atoms with Gasteiger partial charge in [-0.2, -0.15) is 4.98 Å². The van der Waals surface area contributed by atoms with E-state index in [9.17, 15) is 25.1 Å². The van der Waals surface area contributed by atoms with Gasteiger partial charge < -0.3 is 34.7 Å². The number of benzene rings is 1. The highest BCUT2D eigenvalue weighted by Crippen LogP contribution is 2.42. The lowest BCUT2D eigenvalue weighted by Gasteiger charge is -2.31. The van der Waals surface area contributed by atoms with Crippen LogP contribution in [-0.2, 0) is 16.1 Å². The lowest BCUT2D eigenvalue weighted by Crippen LogP contribution is -2.24.